The molecule has 2 aromatic carbocycles. The lowest BCUT2D eigenvalue weighted by molar-refractivity contribution is -0.142. The summed E-state index contributed by atoms with van der Waals surface area (Å²) in [4.78, 5) is 27.1. The highest BCUT2D eigenvalue weighted by Gasteiger charge is 2.28. The van der Waals surface area contributed by atoms with E-state index in [4.69, 9.17) is 0 Å². The predicted octanol–water partition coefficient (Wildman–Crippen LogP) is 7.12. The fourth-order valence-electron chi connectivity index (χ4n) is 5.59. The molecule has 3 rings (SSSR count). The maximum atomic E-state index is 13.7. The molecule has 39 heavy (non-hydrogen) atoms. The first kappa shape index (κ1) is 31.6. The van der Waals surface area contributed by atoms with Crippen LogP contribution in [0.2, 0.25) is 0 Å². The van der Waals surface area contributed by atoms with E-state index in [9.17, 15) is 14.7 Å². The van der Waals surface area contributed by atoms with Crippen molar-refractivity contribution in [2.75, 3.05) is 30.6 Å². The number of carboxylic acids is 1. The van der Waals surface area contributed by atoms with E-state index in [-0.39, 0.29) is 5.91 Å². The Morgan fingerprint density at radius 1 is 1.10 bits per heavy atom. The minimum absolute atomic E-state index is 0.254. The van der Waals surface area contributed by atoms with Gasteiger partial charge in [-0.1, -0.05) is 69.4 Å². The van der Waals surface area contributed by atoms with Crippen molar-refractivity contribution in [1.29, 1.82) is 0 Å². The maximum Gasteiger partial charge on any atom is 0.326 e. The number of aryl methyl sites for hydroxylation is 1. The third kappa shape index (κ3) is 9.29. The van der Waals surface area contributed by atoms with Crippen molar-refractivity contribution in [2.24, 2.45) is 5.92 Å². The van der Waals surface area contributed by atoms with Gasteiger partial charge < -0.3 is 15.3 Å². The molecule has 2 aromatic rings. The molecule has 0 radical (unpaired) electrons. The molecule has 1 aliphatic carbocycles. The molecule has 0 unspecified atom stereocenters. The number of hydrogen-bond acceptors (Lipinski definition) is 5. The van der Waals surface area contributed by atoms with E-state index in [1.807, 2.05) is 48.3 Å². The minimum Gasteiger partial charge on any atom is -0.480 e. The van der Waals surface area contributed by atoms with Crippen LogP contribution in [0, 0.1) is 12.8 Å². The lowest BCUT2D eigenvalue weighted by atomic mass is 9.85. The van der Waals surface area contributed by atoms with Crippen LogP contribution in [0.3, 0.4) is 0 Å². The Balaban J connectivity index is 1.86. The maximum absolute atomic E-state index is 13.7. The van der Waals surface area contributed by atoms with Crippen molar-refractivity contribution < 1.29 is 14.7 Å². The molecule has 1 aliphatic rings. The number of benzene rings is 2. The molecule has 1 saturated carbocycles. The first-order chi connectivity index (χ1) is 18.8. The summed E-state index contributed by atoms with van der Waals surface area (Å²) in [7, 11) is 1.61. The van der Waals surface area contributed by atoms with Crippen molar-refractivity contribution in [2.45, 2.75) is 77.4 Å². The monoisotopic (exact) mass is 570 g/mol. The van der Waals surface area contributed by atoms with E-state index in [0.29, 0.717) is 23.8 Å². The van der Waals surface area contributed by atoms with Crippen LogP contribution in [-0.4, -0.2) is 64.5 Å². The average Bonchev–Trinajstić information content (AvgIpc) is 2.94. The van der Waals surface area contributed by atoms with Gasteiger partial charge in [0.05, 0.1) is 0 Å². The Morgan fingerprint density at radius 3 is 2.51 bits per heavy atom. The van der Waals surface area contributed by atoms with Crippen molar-refractivity contribution in [3.63, 3.8) is 0 Å². The topological polar surface area (TPSA) is 69.6 Å². The molecule has 0 heterocycles. The smallest absolute Gasteiger partial charge is 0.326 e. The van der Waals surface area contributed by atoms with Crippen molar-refractivity contribution in [3.8, 4) is 11.1 Å². The molecule has 1 fully saturated rings. The number of hydrogen-bond donors (Lipinski definition) is 2. The van der Waals surface area contributed by atoms with Gasteiger partial charge in [-0.3, -0.25) is 4.79 Å². The van der Waals surface area contributed by atoms with Gasteiger partial charge in [0.1, 0.15) is 6.04 Å². The lowest BCUT2D eigenvalue weighted by Crippen LogP contribution is -2.43. The fourth-order valence-corrected chi connectivity index (χ4v) is 6.82. The van der Waals surface area contributed by atoms with Gasteiger partial charge in [-0.2, -0.15) is 23.5 Å². The zero-order chi connectivity index (χ0) is 28.2. The third-order valence-electron chi connectivity index (χ3n) is 7.88. The fraction of sp³-hybridized carbons (Fsp3) is 0.562. The standard InChI is InChI=1S/C32H46N2O3S2/c1-5-39-22-26(19-24-12-7-6-8-13-24)33-21-25-15-16-28(29(20-25)27-14-10-9-11-23(27)2)31(35)34(3)30(32(36)37)17-18-38-4/h9-11,14-16,20,24,26,30,33H,5-8,12-13,17-19,21-22H2,1-4H3,(H,36,37)/t26-,30-/m0/s1. The lowest BCUT2D eigenvalue weighted by Gasteiger charge is -2.28. The number of rotatable bonds is 15. The summed E-state index contributed by atoms with van der Waals surface area (Å²) in [5, 5.41) is 13.7. The van der Waals surface area contributed by atoms with Crippen LogP contribution in [0.1, 0.15) is 73.4 Å². The van der Waals surface area contributed by atoms with Crippen molar-refractivity contribution in [3.05, 3.63) is 59.2 Å². The first-order valence-corrected chi connectivity index (χ1v) is 16.9. The zero-order valence-corrected chi connectivity index (χ0v) is 25.7. The molecule has 0 spiro atoms. The number of carbonyl (C=O) groups is 2. The second-order valence-electron chi connectivity index (χ2n) is 10.7. The van der Waals surface area contributed by atoms with E-state index in [1.165, 1.54) is 43.4 Å². The van der Waals surface area contributed by atoms with E-state index in [1.54, 1.807) is 18.8 Å². The highest BCUT2D eigenvalue weighted by atomic mass is 32.2. The molecular weight excluding hydrogens is 524 g/mol. The van der Waals surface area contributed by atoms with Crippen LogP contribution in [0.15, 0.2) is 42.5 Å². The molecule has 0 bridgehead atoms. The number of nitrogens with one attached hydrogen (secondary N) is 1. The Kier molecular flexibility index (Phi) is 13.2. The number of thioether (sulfide) groups is 2. The molecular formula is C32H46N2O3S2. The van der Waals surface area contributed by atoms with Crippen LogP contribution in [0.25, 0.3) is 11.1 Å². The molecule has 5 nitrogen and oxygen atoms in total. The average molecular weight is 571 g/mol. The SMILES string of the molecule is CCSC[C@H](CC1CCCCC1)NCc1ccc(C(=O)N(C)[C@@H](CCSC)C(=O)O)c(-c2ccccc2C)c1. The van der Waals surface area contributed by atoms with Gasteiger partial charge in [0.2, 0.25) is 0 Å². The van der Waals surface area contributed by atoms with Gasteiger partial charge in [-0.15, -0.1) is 0 Å². The van der Waals surface area contributed by atoms with Crippen LogP contribution >= 0.6 is 23.5 Å². The summed E-state index contributed by atoms with van der Waals surface area (Å²) in [5.41, 5.74) is 4.65. The number of likely N-dealkylation sites (N-methyl/N-ethyl adjacent to an activating group) is 1. The molecule has 2 N–H and O–H groups in total. The summed E-state index contributed by atoms with van der Waals surface area (Å²) in [6.45, 7) is 5.02. The highest BCUT2D eigenvalue weighted by molar-refractivity contribution is 7.99. The van der Waals surface area contributed by atoms with Crippen LogP contribution in [0.5, 0.6) is 0 Å². The number of carboxylic acid groups (broad SMARTS) is 1. The molecule has 0 aliphatic heterocycles. The number of amides is 1. The summed E-state index contributed by atoms with van der Waals surface area (Å²) >= 11 is 3.59. The Hall–Kier alpha value is -1.96. The van der Waals surface area contributed by atoms with Gasteiger partial charge in [0, 0.05) is 31.0 Å². The summed E-state index contributed by atoms with van der Waals surface area (Å²) in [6.07, 6.45) is 10.4. The molecule has 1 amide bonds. The molecule has 2 atom stereocenters. The molecule has 214 valence electrons. The molecule has 7 heteroatoms. The second kappa shape index (κ2) is 16.3. The van der Waals surface area contributed by atoms with Crippen LogP contribution in [-0.2, 0) is 11.3 Å². The van der Waals surface area contributed by atoms with Crippen LogP contribution in [0.4, 0.5) is 0 Å². The van der Waals surface area contributed by atoms with Gasteiger partial charge >= 0.3 is 5.97 Å². The quantitative estimate of drug-likeness (QED) is 0.238. The zero-order valence-electron chi connectivity index (χ0n) is 24.1. The highest BCUT2D eigenvalue weighted by Crippen LogP contribution is 2.31. The molecule has 0 aromatic heterocycles. The van der Waals surface area contributed by atoms with Gasteiger partial charge in [0.15, 0.2) is 0 Å². The van der Waals surface area contributed by atoms with Gasteiger partial charge in [0.25, 0.3) is 5.91 Å². The normalized spacial score (nSPS) is 15.6. The summed E-state index contributed by atoms with van der Waals surface area (Å²) in [6, 6.07) is 13.8. The van der Waals surface area contributed by atoms with Crippen molar-refractivity contribution >= 4 is 35.4 Å². The second-order valence-corrected chi connectivity index (χ2v) is 13.0. The molecule has 0 saturated heterocycles. The summed E-state index contributed by atoms with van der Waals surface area (Å²) in [5.74, 6) is 2.52. The van der Waals surface area contributed by atoms with E-state index >= 15 is 0 Å². The number of nitrogens with zero attached hydrogens (tertiary/aromatic N) is 1. The Bertz CT molecular complexity index is 1070. The van der Waals surface area contributed by atoms with Crippen LogP contribution < -0.4 is 5.32 Å². The largest absolute Gasteiger partial charge is 0.480 e. The third-order valence-corrected chi connectivity index (χ3v) is 9.57. The number of carbonyl (C=O) groups excluding carboxylic acids is 1. The van der Waals surface area contributed by atoms with E-state index in [2.05, 4.69) is 31.3 Å². The van der Waals surface area contributed by atoms with Crippen molar-refractivity contribution in [1.82, 2.24) is 10.2 Å². The first-order valence-electron chi connectivity index (χ1n) is 14.3. The summed E-state index contributed by atoms with van der Waals surface area (Å²) < 4.78 is 0. The van der Waals surface area contributed by atoms with E-state index in [0.717, 1.165) is 46.2 Å². The minimum atomic E-state index is -0.966. The van der Waals surface area contributed by atoms with E-state index < -0.39 is 12.0 Å². The van der Waals surface area contributed by atoms with Gasteiger partial charge in [-0.25, -0.2) is 4.79 Å². The number of aliphatic carboxylic acids is 1. The predicted molar refractivity (Wildman–Crippen MR) is 168 cm³/mol. The van der Waals surface area contributed by atoms with Gasteiger partial charge in [-0.05, 0) is 77.8 Å². The Morgan fingerprint density at radius 2 is 1.85 bits per heavy atom. The Labute approximate surface area is 243 Å².